The summed E-state index contributed by atoms with van der Waals surface area (Å²) in [6.45, 7) is 2.14. The molecule has 1 saturated heterocycles. The van der Waals surface area contributed by atoms with Crippen LogP contribution >= 0.6 is 0 Å². The molecule has 1 aromatic carbocycles. The highest BCUT2D eigenvalue weighted by Crippen LogP contribution is 2.15. The van der Waals surface area contributed by atoms with Gasteiger partial charge in [-0.15, -0.1) is 0 Å². The molecule has 1 aliphatic rings. The van der Waals surface area contributed by atoms with Crippen LogP contribution in [0.4, 0.5) is 0 Å². The van der Waals surface area contributed by atoms with Gasteiger partial charge in [-0.2, -0.15) is 0 Å². The molecule has 0 saturated carbocycles. The van der Waals surface area contributed by atoms with Crippen LogP contribution in [0, 0.1) is 0 Å². The molecule has 0 aliphatic carbocycles. The number of fused-ring (bicyclic) bond motifs is 1. The molecule has 0 spiro atoms. The van der Waals surface area contributed by atoms with Crippen LogP contribution in [0.3, 0.4) is 0 Å². The smallest absolute Gasteiger partial charge is 0.280 e. The van der Waals surface area contributed by atoms with Crippen LogP contribution in [0.2, 0.25) is 0 Å². The number of aliphatic hydroxyl groups excluding tert-OH is 1. The van der Waals surface area contributed by atoms with Gasteiger partial charge in [0.25, 0.3) is 11.5 Å². The van der Waals surface area contributed by atoms with Crippen LogP contribution in [-0.2, 0) is 0 Å². The molecular formula is C17H22N4O3. The van der Waals surface area contributed by atoms with E-state index in [1.165, 1.54) is 0 Å². The molecule has 7 nitrogen and oxygen atoms in total. The van der Waals surface area contributed by atoms with Crippen LogP contribution in [0.15, 0.2) is 29.1 Å². The van der Waals surface area contributed by atoms with Gasteiger partial charge in [0.2, 0.25) is 0 Å². The van der Waals surface area contributed by atoms with Crippen molar-refractivity contribution in [2.24, 2.45) is 0 Å². The van der Waals surface area contributed by atoms with Gasteiger partial charge >= 0.3 is 0 Å². The number of para-hydroxylation sites is 2. The van der Waals surface area contributed by atoms with Crippen molar-refractivity contribution in [3.63, 3.8) is 0 Å². The Morgan fingerprint density at radius 1 is 1.38 bits per heavy atom. The van der Waals surface area contributed by atoms with E-state index in [0.29, 0.717) is 24.1 Å². The molecule has 1 aliphatic heterocycles. The molecule has 7 heteroatoms. The van der Waals surface area contributed by atoms with Gasteiger partial charge in [-0.25, -0.2) is 4.98 Å². The first-order valence-electron chi connectivity index (χ1n) is 8.31. The lowest BCUT2D eigenvalue weighted by Crippen LogP contribution is -2.46. The number of nitrogens with zero attached hydrogens (tertiary/aromatic N) is 2. The molecule has 0 bridgehead atoms. The Balaban J connectivity index is 1.63. The minimum absolute atomic E-state index is 0.119. The van der Waals surface area contributed by atoms with Gasteiger partial charge in [-0.05, 0) is 31.5 Å². The Morgan fingerprint density at radius 2 is 2.21 bits per heavy atom. The normalized spacial score (nSPS) is 18.6. The number of aromatic amines is 1. The average molecular weight is 330 g/mol. The molecule has 2 heterocycles. The maximum Gasteiger partial charge on any atom is 0.280 e. The first-order chi connectivity index (χ1) is 11.7. The van der Waals surface area contributed by atoms with E-state index in [9.17, 15) is 14.7 Å². The maximum atomic E-state index is 12.2. The quantitative estimate of drug-likeness (QED) is 0.741. The van der Waals surface area contributed by atoms with Crippen molar-refractivity contribution in [3.05, 3.63) is 40.3 Å². The highest BCUT2D eigenvalue weighted by atomic mass is 16.3. The number of benzene rings is 1. The van der Waals surface area contributed by atoms with Gasteiger partial charge in [0.1, 0.15) is 0 Å². The zero-order valence-corrected chi connectivity index (χ0v) is 13.5. The van der Waals surface area contributed by atoms with Gasteiger partial charge in [0, 0.05) is 19.1 Å². The molecule has 0 radical (unpaired) electrons. The molecule has 3 rings (SSSR count). The van der Waals surface area contributed by atoms with E-state index in [4.69, 9.17) is 0 Å². The van der Waals surface area contributed by atoms with Crippen molar-refractivity contribution in [2.45, 2.75) is 25.3 Å². The Bertz CT molecular complexity index is 774. The van der Waals surface area contributed by atoms with E-state index in [0.717, 1.165) is 25.8 Å². The number of aromatic nitrogens is 2. The van der Waals surface area contributed by atoms with Gasteiger partial charge in [0.15, 0.2) is 5.69 Å². The summed E-state index contributed by atoms with van der Waals surface area (Å²) >= 11 is 0. The van der Waals surface area contributed by atoms with Gasteiger partial charge < -0.3 is 15.4 Å². The van der Waals surface area contributed by atoms with Crippen molar-refractivity contribution in [2.75, 3.05) is 26.2 Å². The minimum Gasteiger partial charge on any atom is -0.395 e. The number of hydrogen-bond acceptors (Lipinski definition) is 5. The Kier molecular flexibility index (Phi) is 5.22. The first-order valence-corrected chi connectivity index (χ1v) is 8.31. The summed E-state index contributed by atoms with van der Waals surface area (Å²) in [5.74, 6) is -0.473. The zero-order chi connectivity index (χ0) is 16.9. The lowest BCUT2D eigenvalue weighted by Gasteiger charge is -2.34. The van der Waals surface area contributed by atoms with Gasteiger partial charge in [-0.1, -0.05) is 18.6 Å². The largest absolute Gasteiger partial charge is 0.395 e. The fourth-order valence-electron chi connectivity index (χ4n) is 3.14. The third-order valence-electron chi connectivity index (χ3n) is 4.46. The van der Waals surface area contributed by atoms with Crippen LogP contribution < -0.4 is 10.9 Å². The maximum absolute atomic E-state index is 12.2. The fraction of sp³-hybridized carbons (Fsp3) is 0.471. The van der Waals surface area contributed by atoms with E-state index in [-0.39, 0.29) is 18.3 Å². The third kappa shape index (κ3) is 3.63. The third-order valence-corrected chi connectivity index (χ3v) is 4.46. The molecule has 3 N–H and O–H groups in total. The molecule has 1 unspecified atom stereocenters. The second-order valence-corrected chi connectivity index (χ2v) is 6.06. The zero-order valence-electron chi connectivity index (χ0n) is 13.5. The summed E-state index contributed by atoms with van der Waals surface area (Å²) in [6.07, 6.45) is 3.22. The summed E-state index contributed by atoms with van der Waals surface area (Å²) in [5, 5.41) is 12.2. The van der Waals surface area contributed by atoms with Crippen molar-refractivity contribution in [3.8, 4) is 0 Å². The molecule has 1 amide bonds. The van der Waals surface area contributed by atoms with Crippen molar-refractivity contribution < 1.29 is 9.90 Å². The van der Waals surface area contributed by atoms with E-state index in [1.807, 2.05) is 0 Å². The van der Waals surface area contributed by atoms with E-state index >= 15 is 0 Å². The average Bonchev–Trinajstić information content (AvgIpc) is 2.61. The first kappa shape index (κ1) is 16.6. The van der Waals surface area contributed by atoms with Crippen LogP contribution in [0.1, 0.15) is 29.8 Å². The molecular weight excluding hydrogens is 308 g/mol. The summed E-state index contributed by atoms with van der Waals surface area (Å²) in [5.41, 5.74) is 0.584. The fourth-order valence-corrected chi connectivity index (χ4v) is 3.14. The van der Waals surface area contributed by atoms with Gasteiger partial charge in [-0.3, -0.25) is 14.5 Å². The standard InChI is InChI=1S/C17H22N4O3/c22-11-12-5-3-4-9-21(12)10-8-18-16(23)15-17(24)20-14-7-2-1-6-13(14)19-15/h1-2,6-7,12,22H,3-5,8-11H2,(H,18,23)(H,20,24). The van der Waals surface area contributed by atoms with Crippen molar-refractivity contribution in [1.29, 1.82) is 0 Å². The van der Waals surface area contributed by atoms with E-state index in [2.05, 4.69) is 20.2 Å². The lowest BCUT2D eigenvalue weighted by atomic mass is 10.0. The number of amides is 1. The molecule has 1 aromatic heterocycles. The van der Waals surface area contributed by atoms with Crippen molar-refractivity contribution in [1.82, 2.24) is 20.2 Å². The Labute approximate surface area is 139 Å². The Morgan fingerprint density at radius 3 is 3.04 bits per heavy atom. The molecule has 1 fully saturated rings. The number of aliphatic hydroxyl groups is 1. The number of likely N-dealkylation sites (tertiary alicyclic amines) is 1. The lowest BCUT2D eigenvalue weighted by molar-refractivity contribution is 0.0846. The van der Waals surface area contributed by atoms with Crippen LogP contribution in [0.5, 0.6) is 0 Å². The minimum atomic E-state index is -0.489. The highest BCUT2D eigenvalue weighted by molar-refractivity contribution is 5.93. The Hall–Kier alpha value is -2.25. The number of rotatable bonds is 5. The molecule has 1 atom stereocenters. The summed E-state index contributed by atoms with van der Waals surface area (Å²) in [7, 11) is 0. The number of H-pyrrole nitrogens is 1. The van der Waals surface area contributed by atoms with Crippen molar-refractivity contribution >= 4 is 16.9 Å². The predicted molar refractivity (Wildman–Crippen MR) is 91.0 cm³/mol. The molecule has 24 heavy (non-hydrogen) atoms. The topological polar surface area (TPSA) is 98.3 Å². The number of carbonyl (C=O) groups is 1. The van der Waals surface area contributed by atoms with E-state index < -0.39 is 11.5 Å². The number of hydrogen-bond donors (Lipinski definition) is 3. The summed E-state index contributed by atoms with van der Waals surface area (Å²) < 4.78 is 0. The van der Waals surface area contributed by atoms with Gasteiger partial charge in [0.05, 0.1) is 17.6 Å². The second kappa shape index (κ2) is 7.55. The number of nitrogens with one attached hydrogen (secondary N) is 2. The summed E-state index contributed by atoms with van der Waals surface area (Å²) in [6, 6.07) is 7.27. The van der Waals surface area contributed by atoms with Crippen LogP contribution in [0.25, 0.3) is 11.0 Å². The monoisotopic (exact) mass is 330 g/mol. The molecule has 2 aromatic rings. The summed E-state index contributed by atoms with van der Waals surface area (Å²) in [4.78, 5) is 33.3. The predicted octanol–water partition coefficient (Wildman–Crippen LogP) is 0.500. The number of carbonyl (C=O) groups excluding carboxylic acids is 1. The number of piperidine rings is 1. The van der Waals surface area contributed by atoms with E-state index in [1.54, 1.807) is 24.3 Å². The SMILES string of the molecule is O=C(NCCN1CCCCC1CO)c1nc2ccccc2[nH]c1=O. The van der Waals surface area contributed by atoms with Crippen LogP contribution in [-0.4, -0.2) is 58.2 Å². The highest BCUT2D eigenvalue weighted by Gasteiger charge is 2.21. The second-order valence-electron chi connectivity index (χ2n) is 6.06. The molecule has 128 valence electrons.